The van der Waals surface area contributed by atoms with Gasteiger partial charge in [-0.15, -0.1) is 0 Å². The molecule has 3 heterocycles. The van der Waals surface area contributed by atoms with Crippen LogP contribution in [0.25, 0.3) is 0 Å². The minimum Gasteiger partial charge on any atom is -0.436 e. The van der Waals surface area contributed by atoms with E-state index in [1.54, 1.807) is 30.5 Å². The Balaban J connectivity index is 1.33. The second kappa shape index (κ2) is 8.75. The zero-order valence-corrected chi connectivity index (χ0v) is 19.0. The van der Waals surface area contributed by atoms with Crippen LogP contribution < -0.4 is 14.5 Å². The SMILES string of the molecule is Cc1ccc(Cl)cc1N1CCN(C(=O)CN2C(=O)c3cccnc3Oc3ccccc32)CC1. The highest BCUT2D eigenvalue weighted by atomic mass is 35.5. The fraction of sp³-hybridized carbons (Fsp3) is 0.240. The van der Waals surface area contributed by atoms with Gasteiger partial charge in [0.1, 0.15) is 12.1 Å². The molecule has 3 aromatic rings. The number of fused-ring (bicyclic) bond motifs is 2. The molecule has 8 heteroatoms. The Morgan fingerprint density at radius 3 is 2.64 bits per heavy atom. The second-order valence-electron chi connectivity index (χ2n) is 8.12. The molecule has 0 radical (unpaired) electrons. The molecule has 2 amide bonds. The molecule has 1 fully saturated rings. The number of rotatable bonds is 3. The summed E-state index contributed by atoms with van der Waals surface area (Å²) in [5, 5.41) is 0.699. The minimum absolute atomic E-state index is 0.0657. The lowest BCUT2D eigenvalue weighted by Crippen LogP contribution is -2.52. The first-order valence-electron chi connectivity index (χ1n) is 10.8. The third kappa shape index (κ3) is 4.12. The number of aryl methyl sites for hydroxylation is 1. The summed E-state index contributed by atoms with van der Waals surface area (Å²) in [5.74, 6) is 0.338. The summed E-state index contributed by atoms with van der Waals surface area (Å²) < 4.78 is 5.90. The van der Waals surface area contributed by atoms with E-state index in [2.05, 4.69) is 16.8 Å². The number of amides is 2. The Morgan fingerprint density at radius 1 is 1.03 bits per heavy atom. The molecule has 168 valence electrons. The molecule has 5 rings (SSSR count). The number of nitrogens with zero attached hydrogens (tertiary/aromatic N) is 4. The summed E-state index contributed by atoms with van der Waals surface area (Å²) >= 11 is 6.18. The van der Waals surface area contributed by atoms with Crippen LogP contribution in [0.1, 0.15) is 15.9 Å². The maximum atomic E-state index is 13.3. The third-order valence-electron chi connectivity index (χ3n) is 6.05. The van der Waals surface area contributed by atoms with Crippen molar-refractivity contribution in [1.29, 1.82) is 0 Å². The molecule has 0 atom stereocenters. The van der Waals surface area contributed by atoms with Gasteiger partial charge in [0.05, 0.1) is 5.69 Å². The summed E-state index contributed by atoms with van der Waals surface area (Å²) in [4.78, 5) is 36.3. The van der Waals surface area contributed by atoms with Crippen LogP contribution in [-0.2, 0) is 4.79 Å². The van der Waals surface area contributed by atoms with E-state index in [1.165, 1.54) is 4.90 Å². The number of anilines is 2. The molecule has 7 nitrogen and oxygen atoms in total. The maximum absolute atomic E-state index is 13.3. The van der Waals surface area contributed by atoms with Gasteiger partial charge in [-0.25, -0.2) is 4.98 Å². The van der Waals surface area contributed by atoms with Crippen molar-refractivity contribution in [1.82, 2.24) is 9.88 Å². The molecule has 0 saturated carbocycles. The number of benzene rings is 2. The van der Waals surface area contributed by atoms with Gasteiger partial charge in [-0.05, 0) is 48.9 Å². The highest BCUT2D eigenvalue weighted by Crippen LogP contribution is 2.37. The quantitative estimate of drug-likeness (QED) is 0.585. The standard InChI is InChI=1S/C25H23ClN4O3/c1-17-8-9-18(26)15-21(17)28-11-13-29(14-12-28)23(31)16-30-20-6-2-3-7-22(20)33-24-19(25(30)32)5-4-10-27-24/h2-10,15H,11-14,16H2,1H3. The zero-order valence-electron chi connectivity index (χ0n) is 18.2. The fourth-order valence-corrected chi connectivity index (χ4v) is 4.44. The first-order valence-corrected chi connectivity index (χ1v) is 11.2. The number of pyridine rings is 1. The van der Waals surface area contributed by atoms with E-state index in [0.29, 0.717) is 48.2 Å². The van der Waals surface area contributed by atoms with Crippen molar-refractivity contribution >= 4 is 34.8 Å². The third-order valence-corrected chi connectivity index (χ3v) is 6.28. The van der Waals surface area contributed by atoms with Gasteiger partial charge in [0.15, 0.2) is 5.75 Å². The Hall–Kier alpha value is -3.58. The Kier molecular flexibility index (Phi) is 5.64. The molecule has 0 aliphatic carbocycles. The number of hydrogen-bond acceptors (Lipinski definition) is 5. The average Bonchev–Trinajstić information content (AvgIpc) is 2.95. The predicted octanol–water partition coefficient (Wildman–Crippen LogP) is 4.14. The molecule has 0 N–H and O–H groups in total. The molecular weight excluding hydrogens is 440 g/mol. The van der Waals surface area contributed by atoms with E-state index in [-0.39, 0.29) is 24.2 Å². The highest BCUT2D eigenvalue weighted by molar-refractivity contribution is 6.30. The fourth-order valence-electron chi connectivity index (χ4n) is 4.27. The largest absolute Gasteiger partial charge is 0.436 e. The van der Waals surface area contributed by atoms with Crippen LogP contribution in [0.15, 0.2) is 60.8 Å². The van der Waals surface area contributed by atoms with Crippen LogP contribution in [0.2, 0.25) is 5.02 Å². The van der Waals surface area contributed by atoms with Gasteiger partial charge in [0.2, 0.25) is 11.8 Å². The Morgan fingerprint density at radius 2 is 1.82 bits per heavy atom. The molecule has 1 aromatic heterocycles. The van der Waals surface area contributed by atoms with Gasteiger partial charge < -0.3 is 14.5 Å². The molecular formula is C25H23ClN4O3. The molecule has 2 aromatic carbocycles. The van der Waals surface area contributed by atoms with Crippen molar-refractivity contribution in [3.8, 4) is 11.6 Å². The lowest BCUT2D eigenvalue weighted by molar-refractivity contribution is -0.129. The first-order chi connectivity index (χ1) is 16.0. The highest BCUT2D eigenvalue weighted by Gasteiger charge is 2.32. The number of para-hydroxylation sites is 2. The molecule has 33 heavy (non-hydrogen) atoms. The van der Waals surface area contributed by atoms with Crippen LogP contribution in [0.4, 0.5) is 11.4 Å². The number of aromatic nitrogens is 1. The Labute approximate surface area is 197 Å². The van der Waals surface area contributed by atoms with Crippen LogP contribution in [-0.4, -0.2) is 54.4 Å². The average molecular weight is 463 g/mol. The smallest absolute Gasteiger partial charge is 0.264 e. The summed E-state index contributed by atoms with van der Waals surface area (Å²) in [5.41, 5.74) is 3.13. The van der Waals surface area contributed by atoms with Gasteiger partial charge in [-0.2, -0.15) is 0 Å². The summed E-state index contributed by atoms with van der Waals surface area (Å²) in [6, 6.07) is 16.4. The van der Waals surface area contributed by atoms with Crippen LogP contribution >= 0.6 is 11.6 Å². The van der Waals surface area contributed by atoms with E-state index < -0.39 is 0 Å². The van der Waals surface area contributed by atoms with Crippen molar-refractivity contribution in [2.45, 2.75) is 6.92 Å². The number of carbonyl (C=O) groups excluding carboxylic acids is 2. The number of hydrogen-bond donors (Lipinski definition) is 0. The first kappa shape index (κ1) is 21.3. The van der Waals surface area contributed by atoms with Crippen molar-refractivity contribution in [2.24, 2.45) is 0 Å². The lowest BCUT2D eigenvalue weighted by atomic mass is 10.1. The lowest BCUT2D eigenvalue weighted by Gasteiger charge is -2.37. The topological polar surface area (TPSA) is 66.0 Å². The summed E-state index contributed by atoms with van der Waals surface area (Å²) in [7, 11) is 0. The molecule has 0 spiro atoms. The maximum Gasteiger partial charge on any atom is 0.264 e. The van der Waals surface area contributed by atoms with Gasteiger partial charge >= 0.3 is 0 Å². The zero-order chi connectivity index (χ0) is 22.9. The van der Waals surface area contributed by atoms with E-state index in [0.717, 1.165) is 11.3 Å². The predicted molar refractivity (Wildman–Crippen MR) is 127 cm³/mol. The van der Waals surface area contributed by atoms with Gasteiger partial charge in [-0.3, -0.25) is 14.5 Å². The minimum atomic E-state index is -0.301. The molecule has 2 aliphatic rings. The van der Waals surface area contributed by atoms with Gasteiger partial charge in [-0.1, -0.05) is 29.8 Å². The monoisotopic (exact) mass is 462 g/mol. The molecule has 0 bridgehead atoms. The van der Waals surface area contributed by atoms with Gasteiger partial charge in [0.25, 0.3) is 5.91 Å². The van der Waals surface area contributed by atoms with E-state index >= 15 is 0 Å². The van der Waals surface area contributed by atoms with Crippen molar-refractivity contribution in [3.05, 3.63) is 76.9 Å². The summed E-state index contributed by atoms with van der Waals surface area (Å²) in [6.07, 6.45) is 1.58. The van der Waals surface area contributed by atoms with E-state index in [9.17, 15) is 9.59 Å². The number of ether oxygens (including phenoxy) is 1. The van der Waals surface area contributed by atoms with Crippen LogP contribution in [0.3, 0.4) is 0 Å². The van der Waals surface area contributed by atoms with Crippen LogP contribution in [0, 0.1) is 6.92 Å². The van der Waals surface area contributed by atoms with Crippen molar-refractivity contribution < 1.29 is 14.3 Å². The number of halogens is 1. The number of piperazine rings is 1. The molecule has 0 unspecified atom stereocenters. The van der Waals surface area contributed by atoms with Crippen molar-refractivity contribution in [3.63, 3.8) is 0 Å². The normalized spacial score (nSPS) is 15.5. The Bertz CT molecular complexity index is 1220. The van der Waals surface area contributed by atoms with Gasteiger partial charge in [0, 0.05) is 43.1 Å². The second-order valence-corrected chi connectivity index (χ2v) is 8.55. The number of carbonyl (C=O) groups is 2. The summed E-state index contributed by atoms with van der Waals surface area (Å²) in [6.45, 7) is 4.54. The molecule has 1 saturated heterocycles. The van der Waals surface area contributed by atoms with Crippen LogP contribution in [0.5, 0.6) is 11.6 Å². The van der Waals surface area contributed by atoms with E-state index in [1.807, 2.05) is 35.2 Å². The molecule has 2 aliphatic heterocycles. The van der Waals surface area contributed by atoms with E-state index in [4.69, 9.17) is 16.3 Å². The van der Waals surface area contributed by atoms with Crippen molar-refractivity contribution in [2.75, 3.05) is 42.5 Å².